The van der Waals surface area contributed by atoms with Gasteiger partial charge >= 0.3 is 5.97 Å². The van der Waals surface area contributed by atoms with Crippen molar-refractivity contribution >= 4 is 17.6 Å². The Labute approximate surface area is 110 Å². The van der Waals surface area contributed by atoms with Crippen molar-refractivity contribution in [3.05, 3.63) is 29.3 Å². The maximum absolute atomic E-state index is 10.1. The van der Waals surface area contributed by atoms with Crippen LogP contribution in [0.25, 0.3) is 0 Å². The molecule has 0 aromatic heterocycles. The molecule has 0 aliphatic heterocycles. The number of hydrogen-bond donors (Lipinski definition) is 1. The topological polar surface area (TPSA) is 65.0 Å². The average Bonchev–Trinajstić information content (AvgIpc) is 2.34. The fourth-order valence-electron chi connectivity index (χ4n) is 1.07. The Bertz CT molecular complexity index is 352. The summed E-state index contributed by atoms with van der Waals surface area (Å²) in [7, 11) is 0. The molecule has 1 aromatic carbocycles. The highest BCUT2D eigenvalue weighted by molar-refractivity contribution is 6.30. The molecule has 99 valence electrons. The molecule has 0 amide bonds. The van der Waals surface area contributed by atoms with Crippen LogP contribution in [0, 0.1) is 6.07 Å². The molecule has 1 rings (SSSR count). The normalized spacial score (nSPS) is 10.3. The molecule has 0 heterocycles. The summed E-state index contributed by atoms with van der Waals surface area (Å²) < 4.78 is 15.3. The summed E-state index contributed by atoms with van der Waals surface area (Å²) in [6, 6.07) is 7.92. The van der Waals surface area contributed by atoms with Gasteiger partial charge in [0.05, 0.1) is 19.8 Å². The van der Waals surface area contributed by atoms with E-state index in [1.807, 2.05) is 0 Å². The van der Waals surface area contributed by atoms with E-state index < -0.39 is 5.97 Å². The lowest BCUT2D eigenvalue weighted by Gasteiger charge is -2.06. The molecule has 1 aromatic rings. The Balaban J connectivity index is 1.95. The molecule has 0 saturated carbocycles. The molecule has 1 radical (unpaired) electrons. The summed E-state index contributed by atoms with van der Waals surface area (Å²) in [6.45, 7) is 1.06. The highest BCUT2D eigenvalue weighted by Gasteiger charge is 1.97. The van der Waals surface area contributed by atoms with Crippen LogP contribution in [0.2, 0.25) is 5.02 Å². The van der Waals surface area contributed by atoms with Gasteiger partial charge in [-0.2, -0.15) is 0 Å². The zero-order chi connectivity index (χ0) is 13.2. The molecule has 0 unspecified atom stereocenters. The monoisotopic (exact) mass is 273 g/mol. The van der Waals surface area contributed by atoms with Gasteiger partial charge in [0, 0.05) is 11.1 Å². The van der Waals surface area contributed by atoms with Crippen LogP contribution in [-0.4, -0.2) is 44.1 Å². The molecule has 18 heavy (non-hydrogen) atoms. The van der Waals surface area contributed by atoms with E-state index in [-0.39, 0.29) is 13.2 Å². The van der Waals surface area contributed by atoms with Gasteiger partial charge in [-0.25, -0.2) is 4.79 Å². The molecule has 0 aliphatic rings. The van der Waals surface area contributed by atoms with E-state index in [0.29, 0.717) is 30.6 Å². The van der Waals surface area contributed by atoms with E-state index in [0.717, 1.165) is 0 Å². The van der Waals surface area contributed by atoms with Gasteiger partial charge in [-0.05, 0) is 18.2 Å². The Morgan fingerprint density at radius 1 is 1.22 bits per heavy atom. The van der Waals surface area contributed by atoms with Gasteiger partial charge in [-0.15, -0.1) is 0 Å². The largest absolute Gasteiger partial charge is 0.491 e. The van der Waals surface area contributed by atoms with Gasteiger partial charge in [0.2, 0.25) is 0 Å². The lowest BCUT2D eigenvalue weighted by atomic mass is 10.3. The number of benzene rings is 1. The molecule has 6 heteroatoms. The molecule has 0 aliphatic carbocycles. The van der Waals surface area contributed by atoms with Crippen LogP contribution in [0.1, 0.15) is 0 Å². The predicted molar refractivity (Wildman–Crippen MR) is 65.1 cm³/mol. The van der Waals surface area contributed by atoms with Crippen LogP contribution in [-0.2, 0) is 14.3 Å². The molecule has 0 atom stereocenters. The fraction of sp³-hybridized carbons (Fsp3) is 0.417. The second-order valence-corrected chi connectivity index (χ2v) is 3.71. The van der Waals surface area contributed by atoms with Crippen molar-refractivity contribution in [3.8, 4) is 5.75 Å². The third-order valence-corrected chi connectivity index (χ3v) is 2.06. The van der Waals surface area contributed by atoms with E-state index in [2.05, 4.69) is 6.07 Å². The zero-order valence-electron chi connectivity index (χ0n) is 9.73. The lowest BCUT2D eigenvalue weighted by molar-refractivity contribution is -0.142. The smallest absolute Gasteiger partial charge is 0.329 e. The number of ether oxygens (including phenoxy) is 3. The molecule has 0 spiro atoms. The first kappa shape index (κ1) is 14.8. The van der Waals surface area contributed by atoms with Gasteiger partial charge in [0.25, 0.3) is 0 Å². The Hall–Kier alpha value is -1.30. The van der Waals surface area contributed by atoms with Crippen molar-refractivity contribution in [3.63, 3.8) is 0 Å². The SMILES string of the molecule is O=C(O)COCCOCCOc1[c]cc(Cl)cc1. The van der Waals surface area contributed by atoms with Crippen LogP contribution in [0.3, 0.4) is 0 Å². The first-order chi connectivity index (χ1) is 8.68. The minimum Gasteiger partial charge on any atom is -0.491 e. The lowest BCUT2D eigenvalue weighted by Crippen LogP contribution is -2.13. The first-order valence-electron chi connectivity index (χ1n) is 5.36. The van der Waals surface area contributed by atoms with Crippen molar-refractivity contribution in [2.24, 2.45) is 0 Å². The second-order valence-electron chi connectivity index (χ2n) is 3.28. The summed E-state index contributed by atoms with van der Waals surface area (Å²) in [5.74, 6) is -0.387. The molecule has 5 nitrogen and oxygen atoms in total. The number of halogens is 1. The van der Waals surface area contributed by atoms with Crippen molar-refractivity contribution in [2.45, 2.75) is 0 Å². The molecule has 0 bridgehead atoms. The third-order valence-electron chi connectivity index (χ3n) is 1.83. The van der Waals surface area contributed by atoms with Crippen molar-refractivity contribution in [1.82, 2.24) is 0 Å². The minimum atomic E-state index is -0.989. The third kappa shape index (κ3) is 7.11. The van der Waals surface area contributed by atoms with E-state index in [1.165, 1.54) is 0 Å². The van der Waals surface area contributed by atoms with Gasteiger partial charge in [-0.3, -0.25) is 0 Å². The van der Waals surface area contributed by atoms with Gasteiger partial charge in [-0.1, -0.05) is 11.6 Å². The average molecular weight is 274 g/mol. The molecule has 1 N–H and O–H groups in total. The second kappa shape index (κ2) is 8.74. The molecular weight excluding hydrogens is 260 g/mol. The number of aliphatic carboxylic acids is 1. The Morgan fingerprint density at radius 2 is 1.94 bits per heavy atom. The number of carboxylic acids is 1. The standard InChI is InChI=1S/C12H14ClO5/c13-10-1-3-11(4-2-10)18-8-7-16-5-6-17-9-12(14)15/h1-3H,5-9H2,(H,14,15). The quantitative estimate of drug-likeness (QED) is 0.693. The Kier molecular flexibility index (Phi) is 7.17. The van der Waals surface area contributed by atoms with E-state index in [9.17, 15) is 4.79 Å². The summed E-state index contributed by atoms with van der Waals surface area (Å²) in [6.07, 6.45) is 0. The van der Waals surface area contributed by atoms with Crippen LogP contribution in [0.5, 0.6) is 5.75 Å². The molecule has 0 fully saturated rings. The van der Waals surface area contributed by atoms with E-state index in [1.54, 1.807) is 18.2 Å². The summed E-state index contributed by atoms with van der Waals surface area (Å²) in [5.41, 5.74) is 0. The van der Waals surface area contributed by atoms with Crippen LogP contribution in [0.4, 0.5) is 0 Å². The zero-order valence-corrected chi connectivity index (χ0v) is 10.5. The maximum Gasteiger partial charge on any atom is 0.329 e. The minimum absolute atomic E-state index is 0.249. The summed E-state index contributed by atoms with van der Waals surface area (Å²) in [4.78, 5) is 10.1. The van der Waals surface area contributed by atoms with Crippen LogP contribution < -0.4 is 4.74 Å². The first-order valence-corrected chi connectivity index (χ1v) is 5.73. The number of carbonyl (C=O) groups is 1. The highest BCUT2D eigenvalue weighted by Crippen LogP contribution is 2.14. The van der Waals surface area contributed by atoms with E-state index in [4.69, 9.17) is 30.9 Å². The molecular formula is C12H14ClO5. The van der Waals surface area contributed by atoms with Crippen molar-refractivity contribution in [2.75, 3.05) is 33.0 Å². The molecule has 0 saturated heterocycles. The number of rotatable bonds is 9. The predicted octanol–water partition coefficient (Wildman–Crippen LogP) is 1.64. The Morgan fingerprint density at radius 3 is 2.61 bits per heavy atom. The summed E-state index contributed by atoms with van der Waals surface area (Å²) in [5, 5.41) is 8.91. The fourth-order valence-corrected chi connectivity index (χ4v) is 1.19. The van der Waals surface area contributed by atoms with Gasteiger partial charge in [0.15, 0.2) is 0 Å². The van der Waals surface area contributed by atoms with Crippen LogP contribution >= 0.6 is 11.6 Å². The number of hydrogen-bond acceptors (Lipinski definition) is 4. The maximum atomic E-state index is 10.1. The highest BCUT2D eigenvalue weighted by atomic mass is 35.5. The van der Waals surface area contributed by atoms with E-state index >= 15 is 0 Å². The van der Waals surface area contributed by atoms with Crippen LogP contribution in [0.15, 0.2) is 18.2 Å². The van der Waals surface area contributed by atoms with Gasteiger partial charge in [0.1, 0.15) is 19.0 Å². The van der Waals surface area contributed by atoms with Crippen molar-refractivity contribution < 1.29 is 24.1 Å². The summed E-state index contributed by atoms with van der Waals surface area (Å²) >= 11 is 5.70. The number of carboxylic acid groups (broad SMARTS) is 1. The van der Waals surface area contributed by atoms with Gasteiger partial charge < -0.3 is 19.3 Å². The van der Waals surface area contributed by atoms with Crippen molar-refractivity contribution in [1.29, 1.82) is 0 Å².